The second-order valence-electron chi connectivity index (χ2n) is 5.93. The highest BCUT2D eigenvalue weighted by atomic mass is 32.2. The van der Waals surface area contributed by atoms with Crippen LogP contribution >= 0.6 is 23.1 Å². The molecule has 3 heterocycles. The van der Waals surface area contributed by atoms with E-state index in [9.17, 15) is 4.79 Å². The summed E-state index contributed by atoms with van der Waals surface area (Å²) in [6, 6.07) is 0.365. The average molecular weight is 341 g/mol. The molecule has 5 nitrogen and oxygen atoms in total. The Bertz CT molecular complexity index is 493. The molecule has 1 aromatic heterocycles. The number of nitrogens with zero attached hydrogens (tertiary/aromatic N) is 3. The first-order chi connectivity index (χ1) is 10.7. The van der Waals surface area contributed by atoms with Gasteiger partial charge in [0.2, 0.25) is 5.91 Å². The summed E-state index contributed by atoms with van der Waals surface area (Å²) in [6.45, 7) is 7.69. The number of thioether (sulfide) groups is 1. The van der Waals surface area contributed by atoms with Gasteiger partial charge in [0.15, 0.2) is 0 Å². The first-order valence-corrected chi connectivity index (χ1v) is 9.90. The molecule has 0 spiro atoms. The maximum atomic E-state index is 12.4. The Hall–Kier alpha value is -0.630. The van der Waals surface area contributed by atoms with Crippen LogP contribution in [0.2, 0.25) is 0 Å². The van der Waals surface area contributed by atoms with E-state index in [-0.39, 0.29) is 0 Å². The maximum Gasteiger partial charge on any atom is 0.224 e. The summed E-state index contributed by atoms with van der Waals surface area (Å²) >= 11 is 3.72. The molecule has 0 bridgehead atoms. The second kappa shape index (κ2) is 7.77. The van der Waals surface area contributed by atoms with E-state index >= 15 is 0 Å². The lowest BCUT2D eigenvalue weighted by molar-refractivity contribution is -0.133. The van der Waals surface area contributed by atoms with Crippen molar-refractivity contribution >= 4 is 29.0 Å². The molecule has 0 saturated carbocycles. The molecule has 7 heteroatoms. The van der Waals surface area contributed by atoms with Crippen LogP contribution in [0.4, 0.5) is 0 Å². The summed E-state index contributed by atoms with van der Waals surface area (Å²) < 4.78 is 0. The summed E-state index contributed by atoms with van der Waals surface area (Å²) in [4.78, 5) is 22.5. The van der Waals surface area contributed by atoms with Crippen molar-refractivity contribution in [3.63, 3.8) is 0 Å². The fourth-order valence-electron chi connectivity index (χ4n) is 2.94. The zero-order chi connectivity index (χ0) is 15.4. The molecule has 0 radical (unpaired) electrons. The quantitative estimate of drug-likeness (QED) is 0.892. The van der Waals surface area contributed by atoms with E-state index in [1.807, 2.05) is 29.8 Å². The smallest absolute Gasteiger partial charge is 0.224 e. The molecular weight excluding hydrogens is 316 g/mol. The van der Waals surface area contributed by atoms with E-state index < -0.39 is 0 Å². The lowest BCUT2D eigenvalue weighted by atomic mass is 10.2. The van der Waals surface area contributed by atoms with Crippen LogP contribution in [0.15, 0.2) is 6.20 Å². The van der Waals surface area contributed by atoms with E-state index in [0.29, 0.717) is 18.4 Å². The molecule has 3 rings (SSSR count). The number of piperazine rings is 1. The van der Waals surface area contributed by atoms with Gasteiger partial charge in [-0.2, -0.15) is 11.8 Å². The van der Waals surface area contributed by atoms with Crippen LogP contribution in [0.5, 0.6) is 0 Å². The average Bonchev–Trinajstić information content (AvgIpc) is 2.94. The van der Waals surface area contributed by atoms with Crippen molar-refractivity contribution in [1.29, 1.82) is 0 Å². The molecule has 2 fully saturated rings. The minimum absolute atomic E-state index is 0.313. The highest BCUT2D eigenvalue weighted by Gasteiger charge is 2.24. The molecule has 1 amide bonds. The molecule has 0 aromatic carbocycles. The summed E-state index contributed by atoms with van der Waals surface area (Å²) in [6.07, 6.45) is 2.63. The number of aromatic nitrogens is 1. The van der Waals surface area contributed by atoms with Crippen molar-refractivity contribution in [2.45, 2.75) is 25.9 Å². The van der Waals surface area contributed by atoms with E-state index in [0.717, 1.165) is 50.0 Å². The summed E-state index contributed by atoms with van der Waals surface area (Å²) in [5, 5.41) is 4.58. The normalized spacial score (nSPS) is 23.7. The minimum atomic E-state index is 0.313. The van der Waals surface area contributed by atoms with Crippen LogP contribution in [-0.2, 0) is 11.3 Å². The largest absolute Gasteiger partial charge is 0.340 e. The molecule has 2 saturated heterocycles. The monoisotopic (exact) mass is 340 g/mol. The number of rotatable bonds is 4. The predicted molar refractivity (Wildman–Crippen MR) is 92.4 cm³/mol. The van der Waals surface area contributed by atoms with E-state index in [1.54, 1.807) is 11.3 Å². The highest BCUT2D eigenvalue weighted by Crippen LogP contribution is 2.16. The SMILES string of the molecule is Cc1ncc(CN2CCN(C(=O)CC3CSCCN3)CC2)s1. The van der Waals surface area contributed by atoms with Gasteiger partial charge in [0.05, 0.1) is 5.01 Å². The highest BCUT2D eigenvalue weighted by molar-refractivity contribution is 7.99. The molecular formula is C15H24N4OS2. The Morgan fingerprint density at radius 1 is 1.41 bits per heavy atom. The third kappa shape index (κ3) is 4.44. The fraction of sp³-hybridized carbons (Fsp3) is 0.733. The number of thiazole rings is 1. The Balaban J connectivity index is 1.41. The zero-order valence-corrected chi connectivity index (χ0v) is 14.7. The van der Waals surface area contributed by atoms with Crippen LogP contribution < -0.4 is 5.32 Å². The molecule has 1 N–H and O–H groups in total. The summed E-state index contributed by atoms with van der Waals surface area (Å²) in [5.74, 6) is 2.55. The molecule has 1 atom stereocenters. The van der Waals surface area contributed by atoms with Crippen LogP contribution in [0, 0.1) is 6.92 Å². The number of amides is 1. The van der Waals surface area contributed by atoms with E-state index in [1.165, 1.54) is 10.6 Å². The van der Waals surface area contributed by atoms with Gasteiger partial charge in [0, 0.05) is 74.3 Å². The maximum absolute atomic E-state index is 12.4. The van der Waals surface area contributed by atoms with Gasteiger partial charge in [-0.1, -0.05) is 0 Å². The molecule has 0 aliphatic carbocycles. The van der Waals surface area contributed by atoms with Crippen LogP contribution in [0.3, 0.4) is 0 Å². The molecule has 122 valence electrons. The van der Waals surface area contributed by atoms with Crippen molar-refractivity contribution < 1.29 is 4.79 Å². The van der Waals surface area contributed by atoms with Crippen molar-refractivity contribution in [1.82, 2.24) is 20.1 Å². The van der Waals surface area contributed by atoms with Gasteiger partial charge < -0.3 is 10.2 Å². The number of aryl methyl sites for hydroxylation is 1. The van der Waals surface area contributed by atoms with Gasteiger partial charge in [-0.15, -0.1) is 11.3 Å². The molecule has 2 aliphatic heterocycles. The molecule has 22 heavy (non-hydrogen) atoms. The van der Waals surface area contributed by atoms with Gasteiger partial charge in [0.1, 0.15) is 0 Å². The van der Waals surface area contributed by atoms with Crippen molar-refractivity contribution in [2.75, 3.05) is 44.2 Å². The van der Waals surface area contributed by atoms with Gasteiger partial charge in [0.25, 0.3) is 0 Å². The lowest BCUT2D eigenvalue weighted by Gasteiger charge is -2.35. The number of carbonyl (C=O) groups excluding carboxylic acids is 1. The van der Waals surface area contributed by atoms with Crippen LogP contribution in [0.25, 0.3) is 0 Å². The van der Waals surface area contributed by atoms with Crippen molar-refractivity contribution in [3.05, 3.63) is 16.1 Å². The van der Waals surface area contributed by atoms with Gasteiger partial charge >= 0.3 is 0 Å². The number of hydrogen-bond donors (Lipinski definition) is 1. The van der Waals surface area contributed by atoms with Gasteiger partial charge in [-0.25, -0.2) is 4.98 Å². The summed E-state index contributed by atoms with van der Waals surface area (Å²) in [7, 11) is 0. The zero-order valence-electron chi connectivity index (χ0n) is 13.1. The first-order valence-electron chi connectivity index (χ1n) is 7.93. The third-order valence-electron chi connectivity index (χ3n) is 4.19. The van der Waals surface area contributed by atoms with Gasteiger partial charge in [-0.3, -0.25) is 9.69 Å². The first kappa shape index (κ1) is 16.2. The van der Waals surface area contributed by atoms with Crippen LogP contribution in [-0.4, -0.2) is 71.0 Å². The van der Waals surface area contributed by atoms with Gasteiger partial charge in [-0.05, 0) is 6.92 Å². The molecule has 1 aromatic rings. The Labute approximate surface area is 140 Å². The lowest BCUT2D eigenvalue weighted by Crippen LogP contribution is -2.50. The third-order valence-corrected chi connectivity index (χ3v) is 6.22. The fourth-order valence-corrected chi connectivity index (χ4v) is 4.73. The number of hydrogen-bond acceptors (Lipinski definition) is 6. The Kier molecular flexibility index (Phi) is 5.73. The standard InChI is InChI=1S/C15H24N4OS2/c1-12-17-9-14(22-12)10-18-3-5-19(6-4-18)15(20)8-13-11-21-7-2-16-13/h9,13,16H,2-8,10-11H2,1H3. The number of carbonyl (C=O) groups is 1. The number of nitrogens with one attached hydrogen (secondary N) is 1. The second-order valence-corrected chi connectivity index (χ2v) is 8.40. The Morgan fingerprint density at radius 3 is 2.86 bits per heavy atom. The topological polar surface area (TPSA) is 48.5 Å². The molecule has 2 aliphatic rings. The van der Waals surface area contributed by atoms with Crippen LogP contribution in [0.1, 0.15) is 16.3 Å². The predicted octanol–water partition coefficient (Wildman–Crippen LogP) is 1.19. The van der Waals surface area contributed by atoms with Crippen molar-refractivity contribution in [2.24, 2.45) is 0 Å². The minimum Gasteiger partial charge on any atom is -0.340 e. The summed E-state index contributed by atoms with van der Waals surface area (Å²) in [5.41, 5.74) is 0. The van der Waals surface area contributed by atoms with E-state index in [4.69, 9.17) is 0 Å². The van der Waals surface area contributed by atoms with Crippen molar-refractivity contribution in [3.8, 4) is 0 Å². The van der Waals surface area contributed by atoms with E-state index in [2.05, 4.69) is 15.2 Å². The molecule has 1 unspecified atom stereocenters. The Morgan fingerprint density at radius 2 is 2.23 bits per heavy atom.